The van der Waals surface area contributed by atoms with Crippen LogP contribution in [0.3, 0.4) is 0 Å². The van der Waals surface area contributed by atoms with Gasteiger partial charge in [-0.1, -0.05) is 17.7 Å². The van der Waals surface area contributed by atoms with Gasteiger partial charge in [-0.25, -0.2) is 0 Å². The zero-order valence-electron chi connectivity index (χ0n) is 8.08. The summed E-state index contributed by atoms with van der Waals surface area (Å²) in [6, 6.07) is 5.64. The highest BCUT2D eigenvalue weighted by Gasteiger charge is 2.11. The van der Waals surface area contributed by atoms with Crippen LogP contribution in [0.15, 0.2) is 18.2 Å². The molecule has 1 heterocycles. The van der Waals surface area contributed by atoms with Crippen LogP contribution in [-0.4, -0.2) is 11.1 Å². The van der Waals surface area contributed by atoms with E-state index in [2.05, 4.69) is 0 Å². The Bertz CT molecular complexity index is 531. The van der Waals surface area contributed by atoms with Crippen molar-refractivity contribution in [1.82, 2.24) is 0 Å². The van der Waals surface area contributed by atoms with Crippen molar-refractivity contribution in [2.75, 3.05) is 0 Å². The highest BCUT2D eigenvalue weighted by Crippen LogP contribution is 2.32. The Kier molecular flexibility index (Phi) is 2.67. The van der Waals surface area contributed by atoms with Crippen LogP contribution in [0.25, 0.3) is 10.1 Å². The summed E-state index contributed by atoms with van der Waals surface area (Å²) in [5, 5.41) is 10.5. The van der Waals surface area contributed by atoms with Gasteiger partial charge in [-0.05, 0) is 30.0 Å². The lowest BCUT2D eigenvalue weighted by Gasteiger charge is -1.94. The third kappa shape index (κ3) is 1.98. The molecular formula is C11H9ClO2S. The zero-order chi connectivity index (χ0) is 11.0. The Morgan fingerprint density at radius 3 is 2.93 bits per heavy atom. The average Bonchev–Trinajstić information content (AvgIpc) is 2.42. The quantitative estimate of drug-likeness (QED) is 0.873. The maximum atomic E-state index is 10.6. The standard InChI is InChI=1S/C11H9ClO2S/c1-6-8-3-2-7(12)4-10(8)15-9(6)5-11(13)14/h2-4H,5H2,1H3,(H,13,14). The van der Waals surface area contributed by atoms with E-state index in [0.717, 1.165) is 20.5 Å². The van der Waals surface area contributed by atoms with Crippen molar-refractivity contribution in [3.8, 4) is 0 Å². The van der Waals surface area contributed by atoms with Gasteiger partial charge in [0.05, 0.1) is 6.42 Å². The number of thiophene rings is 1. The van der Waals surface area contributed by atoms with E-state index in [1.54, 1.807) is 0 Å². The van der Waals surface area contributed by atoms with Crippen LogP contribution in [0.1, 0.15) is 10.4 Å². The summed E-state index contributed by atoms with van der Waals surface area (Å²) in [4.78, 5) is 11.5. The van der Waals surface area contributed by atoms with E-state index in [-0.39, 0.29) is 6.42 Å². The molecule has 4 heteroatoms. The van der Waals surface area contributed by atoms with Crippen molar-refractivity contribution in [1.29, 1.82) is 0 Å². The molecule has 0 unspecified atom stereocenters. The molecule has 0 aliphatic rings. The van der Waals surface area contributed by atoms with Crippen molar-refractivity contribution in [3.63, 3.8) is 0 Å². The van der Waals surface area contributed by atoms with Gasteiger partial charge in [0, 0.05) is 14.6 Å². The SMILES string of the molecule is Cc1c(CC(=O)O)sc2cc(Cl)ccc12. The highest BCUT2D eigenvalue weighted by molar-refractivity contribution is 7.19. The van der Waals surface area contributed by atoms with Crippen LogP contribution >= 0.6 is 22.9 Å². The lowest BCUT2D eigenvalue weighted by molar-refractivity contribution is -0.136. The van der Waals surface area contributed by atoms with E-state index < -0.39 is 5.97 Å². The summed E-state index contributed by atoms with van der Waals surface area (Å²) < 4.78 is 1.05. The summed E-state index contributed by atoms with van der Waals surface area (Å²) >= 11 is 7.38. The van der Waals surface area contributed by atoms with Crippen molar-refractivity contribution < 1.29 is 9.90 Å². The highest BCUT2D eigenvalue weighted by atomic mass is 35.5. The molecule has 0 saturated heterocycles. The van der Waals surface area contributed by atoms with E-state index >= 15 is 0 Å². The van der Waals surface area contributed by atoms with E-state index in [1.807, 2.05) is 25.1 Å². The Balaban J connectivity index is 2.58. The summed E-state index contributed by atoms with van der Waals surface area (Å²) in [5.74, 6) is -0.796. The summed E-state index contributed by atoms with van der Waals surface area (Å²) in [7, 11) is 0. The maximum absolute atomic E-state index is 10.6. The fourth-order valence-corrected chi connectivity index (χ4v) is 3.03. The first-order valence-corrected chi connectivity index (χ1v) is 5.66. The predicted molar refractivity (Wildman–Crippen MR) is 62.9 cm³/mol. The Morgan fingerprint density at radius 2 is 2.27 bits per heavy atom. The molecule has 0 aliphatic heterocycles. The molecule has 1 aromatic heterocycles. The molecule has 0 saturated carbocycles. The number of carboxylic acids is 1. The lowest BCUT2D eigenvalue weighted by atomic mass is 10.1. The third-order valence-corrected chi connectivity index (χ3v) is 3.80. The smallest absolute Gasteiger partial charge is 0.308 e. The first-order valence-electron chi connectivity index (χ1n) is 4.47. The van der Waals surface area contributed by atoms with E-state index in [9.17, 15) is 4.79 Å². The molecule has 78 valence electrons. The second-order valence-electron chi connectivity index (χ2n) is 3.36. The number of aliphatic carboxylic acids is 1. The minimum Gasteiger partial charge on any atom is -0.481 e. The summed E-state index contributed by atoms with van der Waals surface area (Å²) in [6.07, 6.45) is 0.0861. The topological polar surface area (TPSA) is 37.3 Å². The monoisotopic (exact) mass is 240 g/mol. The molecule has 0 radical (unpaired) electrons. The second kappa shape index (κ2) is 3.83. The lowest BCUT2D eigenvalue weighted by Crippen LogP contribution is -1.98. The minimum absolute atomic E-state index is 0.0861. The summed E-state index contributed by atoms with van der Waals surface area (Å²) in [6.45, 7) is 1.95. The van der Waals surface area contributed by atoms with Crippen molar-refractivity contribution >= 4 is 39.0 Å². The number of benzene rings is 1. The molecule has 0 aliphatic carbocycles. The normalized spacial score (nSPS) is 10.8. The molecule has 2 rings (SSSR count). The number of halogens is 1. The van der Waals surface area contributed by atoms with Crippen LogP contribution in [0.5, 0.6) is 0 Å². The van der Waals surface area contributed by atoms with Crippen molar-refractivity contribution in [3.05, 3.63) is 33.7 Å². The molecule has 2 aromatic rings. The molecular weight excluding hydrogens is 232 g/mol. The number of hydrogen-bond acceptors (Lipinski definition) is 2. The van der Waals surface area contributed by atoms with Gasteiger partial charge in [-0.3, -0.25) is 4.79 Å². The van der Waals surface area contributed by atoms with Gasteiger partial charge in [0.2, 0.25) is 0 Å². The first kappa shape index (κ1) is 10.5. The van der Waals surface area contributed by atoms with Gasteiger partial charge >= 0.3 is 5.97 Å². The average molecular weight is 241 g/mol. The van der Waals surface area contributed by atoms with Crippen LogP contribution < -0.4 is 0 Å². The van der Waals surface area contributed by atoms with Crippen LogP contribution in [0, 0.1) is 6.92 Å². The number of rotatable bonds is 2. The molecule has 0 bridgehead atoms. The number of aryl methyl sites for hydroxylation is 1. The van der Waals surface area contributed by atoms with Gasteiger partial charge in [-0.15, -0.1) is 11.3 Å². The van der Waals surface area contributed by atoms with Crippen molar-refractivity contribution in [2.45, 2.75) is 13.3 Å². The number of hydrogen-bond donors (Lipinski definition) is 1. The Hall–Kier alpha value is -1.06. The van der Waals surface area contributed by atoms with Gasteiger partial charge in [0.1, 0.15) is 0 Å². The second-order valence-corrected chi connectivity index (χ2v) is 4.93. The van der Waals surface area contributed by atoms with Crippen molar-refractivity contribution in [2.24, 2.45) is 0 Å². The molecule has 0 atom stereocenters. The third-order valence-electron chi connectivity index (χ3n) is 2.31. The Morgan fingerprint density at radius 1 is 1.53 bits per heavy atom. The molecule has 1 N–H and O–H groups in total. The molecule has 0 amide bonds. The van der Waals surface area contributed by atoms with Gasteiger partial charge < -0.3 is 5.11 Å². The van der Waals surface area contributed by atoms with E-state index in [0.29, 0.717) is 5.02 Å². The molecule has 0 fully saturated rings. The molecule has 15 heavy (non-hydrogen) atoms. The number of fused-ring (bicyclic) bond motifs is 1. The number of carbonyl (C=O) groups is 1. The first-order chi connectivity index (χ1) is 7.08. The van der Waals surface area contributed by atoms with E-state index in [4.69, 9.17) is 16.7 Å². The molecule has 0 spiro atoms. The maximum Gasteiger partial charge on any atom is 0.308 e. The van der Waals surface area contributed by atoms with E-state index in [1.165, 1.54) is 11.3 Å². The number of carboxylic acid groups (broad SMARTS) is 1. The predicted octanol–water partition coefficient (Wildman–Crippen LogP) is 3.49. The summed E-state index contributed by atoms with van der Waals surface area (Å²) in [5.41, 5.74) is 1.05. The fraction of sp³-hybridized carbons (Fsp3) is 0.182. The van der Waals surface area contributed by atoms with Crippen LogP contribution in [0.2, 0.25) is 5.02 Å². The van der Waals surface area contributed by atoms with Crippen LogP contribution in [0.4, 0.5) is 0 Å². The van der Waals surface area contributed by atoms with Crippen LogP contribution in [-0.2, 0) is 11.2 Å². The molecule has 2 nitrogen and oxygen atoms in total. The Labute approximate surface area is 96.1 Å². The molecule has 1 aromatic carbocycles. The van der Waals surface area contributed by atoms with Gasteiger partial charge in [0.25, 0.3) is 0 Å². The van der Waals surface area contributed by atoms with Gasteiger partial charge in [0.15, 0.2) is 0 Å². The largest absolute Gasteiger partial charge is 0.481 e. The minimum atomic E-state index is -0.796. The zero-order valence-corrected chi connectivity index (χ0v) is 9.65. The van der Waals surface area contributed by atoms with Gasteiger partial charge in [-0.2, -0.15) is 0 Å². The fourth-order valence-electron chi connectivity index (χ4n) is 1.56.